The van der Waals surface area contributed by atoms with Gasteiger partial charge in [-0.3, -0.25) is 0 Å². The summed E-state index contributed by atoms with van der Waals surface area (Å²) in [6.45, 7) is 0. The molecular formula is C72H46N2S2. The summed E-state index contributed by atoms with van der Waals surface area (Å²) >= 11 is 3.78. The molecule has 4 aromatic heterocycles. The van der Waals surface area contributed by atoms with Gasteiger partial charge in [-0.25, -0.2) is 0 Å². The first-order valence-electron chi connectivity index (χ1n) is 26.6. The minimum atomic E-state index is 0.130. The molecule has 0 bridgehead atoms. The lowest BCUT2D eigenvalue weighted by atomic mass is 9.91. The smallest absolute Gasteiger partial charge is 0.0538 e. The Bertz CT molecular complexity index is 4770. The second-order valence-corrected chi connectivity index (χ2v) is 23.1. The van der Waals surface area contributed by atoms with E-state index in [1.165, 1.54) is 152 Å². The minimum Gasteiger partial charge on any atom is -0.312 e. The number of para-hydroxylation sites is 1. The molecule has 2 atom stereocenters. The average molecular weight is 1000 g/mol. The predicted molar refractivity (Wildman–Crippen MR) is 322 cm³/mol. The molecule has 0 amide bonds. The fourth-order valence-corrected chi connectivity index (χ4v) is 15.8. The lowest BCUT2D eigenvalue weighted by Gasteiger charge is -2.20. The Morgan fingerprint density at radius 3 is 1.47 bits per heavy atom. The fourth-order valence-electron chi connectivity index (χ4n) is 13.7. The Kier molecular flexibility index (Phi) is 9.15. The Morgan fingerprint density at radius 2 is 0.855 bits per heavy atom. The SMILES string of the molecule is C1=Cc2c(c3c(n2-c2ccc4sc5ccc(-c6cccc(-c7ccc8sc9ccc(-n%10c%11c(c%12ccccc%12%10)-c%10ccccc%10C%11c%10ccccc%10)cc9c8c7)c6)cc5c4c2)C(c2ccccc2)c2ccccc2-3)CC1. The van der Waals surface area contributed by atoms with Gasteiger partial charge in [-0.05, 0) is 153 Å². The summed E-state index contributed by atoms with van der Waals surface area (Å²) in [5.41, 5.74) is 25.1. The largest absolute Gasteiger partial charge is 0.312 e. The number of hydrogen-bond acceptors (Lipinski definition) is 2. The molecule has 0 radical (unpaired) electrons. The monoisotopic (exact) mass is 1000 g/mol. The molecule has 0 aliphatic heterocycles. The van der Waals surface area contributed by atoms with Crippen LogP contribution in [0.1, 0.15) is 63.2 Å². The molecule has 2 nitrogen and oxygen atoms in total. The van der Waals surface area contributed by atoms with E-state index in [-0.39, 0.29) is 11.8 Å². The molecule has 3 aliphatic carbocycles. The van der Waals surface area contributed by atoms with Crippen molar-refractivity contribution in [2.45, 2.75) is 24.7 Å². The van der Waals surface area contributed by atoms with Gasteiger partial charge in [0.25, 0.3) is 0 Å². The van der Waals surface area contributed by atoms with Crippen LogP contribution in [-0.4, -0.2) is 9.13 Å². The van der Waals surface area contributed by atoms with Crippen LogP contribution in [0.5, 0.6) is 0 Å². The van der Waals surface area contributed by atoms with Gasteiger partial charge in [-0.15, -0.1) is 22.7 Å². The summed E-state index contributed by atoms with van der Waals surface area (Å²) in [5.74, 6) is 0.293. The molecule has 4 heterocycles. The van der Waals surface area contributed by atoms with Crippen LogP contribution in [0.3, 0.4) is 0 Å². The maximum atomic E-state index is 2.61. The number of rotatable bonds is 6. The van der Waals surface area contributed by atoms with Crippen molar-refractivity contribution in [3.63, 3.8) is 0 Å². The van der Waals surface area contributed by atoms with E-state index in [1.807, 2.05) is 22.7 Å². The van der Waals surface area contributed by atoms with E-state index in [0.29, 0.717) is 0 Å². The maximum absolute atomic E-state index is 2.61. The van der Waals surface area contributed by atoms with Crippen molar-refractivity contribution in [2.75, 3.05) is 0 Å². The number of fused-ring (bicyclic) bond motifs is 16. The number of hydrogen-bond donors (Lipinski definition) is 0. The second-order valence-electron chi connectivity index (χ2n) is 20.9. The first-order chi connectivity index (χ1) is 37.7. The molecule has 17 rings (SSSR count). The summed E-state index contributed by atoms with van der Waals surface area (Å²) in [4.78, 5) is 0. The molecule has 14 aromatic rings. The molecular weight excluding hydrogens is 957 g/mol. The van der Waals surface area contributed by atoms with Crippen molar-refractivity contribution in [3.8, 4) is 55.9 Å². The van der Waals surface area contributed by atoms with Gasteiger partial charge in [-0.1, -0.05) is 164 Å². The van der Waals surface area contributed by atoms with E-state index in [2.05, 4.69) is 252 Å². The predicted octanol–water partition coefficient (Wildman–Crippen LogP) is 19.8. The zero-order valence-electron chi connectivity index (χ0n) is 41.4. The summed E-state index contributed by atoms with van der Waals surface area (Å²) < 4.78 is 10.4. The van der Waals surface area contributed by atoms with Crippen LogP contribution in [0.4, 0.5) is 0 Å². The van der Waals surface area contributed by atoms with E-state index >= 15 is 0 Å². The van der Waals surface area contributed by atoms with Gasteiger partial charge in [0.2, 0.25) is 0 Å². The first-order valence-corrected chi connectivity index (χ1v) is 28.2. The third-order valence-corrected chi connectivity index (χ3v) is 19.2. The third kappa shape index (κ3) is 6.14. The summed E-state index contributed by atoms with van der Waals surface area (Å²) in [5, 5.41) is 6.51. The van der Waals surface area contributed by atoms with Crippen LogP contribution >= 0.6 is 22.7 Å². The van der Waals surface area contributed by atoms with Crippen LogP contribution < -0.4 is 0 Å². The van der Waals surface area contributed by atoms with Gasteiger partial charge in [0.05, 0.1) is 17.4 Å². The molecule has 0 spiro atoms. The molecule has 2 unspecified atom stereocenters. The summed E-state index contributed by atoms with van der Waals surface area (Å²) in [6.07, 6.45) is 6.88. The quantitative estimate of drug-likeness (QED) is 0.157. The van der Waals surface area contributed by atoms with Crippen molar-refractivity contribution >= 4 is 80.0 Å². The standard InChI is InChI=1S/C72H46N2S2/c1-3-16-43(17-4-1)67-51-22-7-9-24-53(51)69-55-26-11-13-28-61(55)73(71(67)69)49-32-36-65-59(41-49)57-39-47(30-34-63(57)75-65)45-20-15-21-46(38-45)48-31-35-64-58(40-48)60-42-50(33-37-66(60)76-64)74-62-29-14-12-27-56(62)70-54-25-10-8-23-52(54)68(72(70)74)44-18-5-2-6-19-44/h1-11,13-26,28-42,67-68H,12,27H2. The molecule has 0 N–H and O–H groups in total. The molecule has 3 aliphatic rings. The van der Waals surface area contributed by atoms with Crippen molar-refractivity contribution in [2.24, 2.45) is 0 Å². The molecule has 0 fully saturated rings. The molecule has 10 aromatic carbocycles. The van der Waals surface area contributed by atoms with E-state index in [4.69, 9.17) is 0 Å². The minimum absolute atomic E-state index is 0.130. The van der Waals surface area contributed by atoms with E-state index in [0.717, 1.165) is 12.8 Å². The van der Waals surface area contributed by atoms with Crippen molar-refractivity contribution in [1.82, 2.24) is 9.13 Å². The highest BCUT2D eigenvalue weighted by molar-refractivity contribution is 7.26. The van der Waals surface area contributed by atoms with Gasteiger partial charge >= 0.3 is 0 Å². The van der Waals surface area contributed by atoms with Crippen LogP contribution in [-0.2, 0) is 6.42 Å². The zero-order chi connectivity index (χ0) is 49.6. The Labute approximate surface area is 448 Å². The normalized spacial score (nSPS) is 15.2. The topological polar surface area (TPSA) is 9.86 Å². The molecule has 0 saturated heterocycles. The summed E-state index contributed by atoms with van der Waals surface area (Å²) in [6, 6.07) is 87.0. The lowest BCUT2D eigenvalue weighted by Crippen LogP contribution is -2.09. The highest BCUT2D eigenvalue weighted by Gasteiger charge is 2.39. The molecule has 4 heteroatoms. The number of nitrogens with zero attached hydrogens (tertiary/aromatic N) is 2. The van der Waals surface area contributed by atoms with E-state index in [9.17, 15) is 0 Å². The number of aromatic nitrogens is 2. The highest BCUT2D eigenvalue weighted by atomic mass is 32.1. The van der Waals surface area contributed by atoms with Crippen LogP contribution in [0.15, 0.2) is 237 Å². The van der Waals surface area contributed by atoms with Gasteiger partial charge in [0.1, 0.15) is 0 Å². The highest BCUT2D eigenvalue weighted by Crippen LogP contribution is 2.55. The van der Waals surface area contributed by atoms with Crippen molar-refractivity contribution in [1.29, 1.82) is 0 Å². The third-order valence-electron chi connectivity index (χ3n) is 16.9. The maximum Gasteiger partial charge on any atom is 0.0538 e. The van der Waals surface area contributed by atoms with E-state index < -0.39 is 0 Å². The number of benzene rings is 10. The number of allylic oxidation sites excluding steroid dienone is 1. The number of thiophene rings is 2. The molecule has 76 heavy (non-hydrogen) atoms. The molecule has 356 valence electrons. The average Bonchev–Trinajstić information content (AvgIpc) is 4.41. The van der Waals surface area contributed by atoms with Gasteiger partial charge < -0.3 is 9.13 Å². The van der Waals surface area contributed by atoms with Crippen LogP contribution in [0, 0.1) is 0 Å². The lowest BCUT2D eigenvalue weighted by molar-refractivity contribution is 0.872. The summed E-state index contributed by atoms with van der Waals surface area (Å²) in [7, 11) is 0. The van der Waals surface area contributed by atoms with E-state index in [1.54, 1.807) is 0 Å². The molecule has 0 saturated carbocycles. The van der Waals surface area contributed by atoms with Crippen LogP contribution in [0.25, 0.3) is 113 Å². The van der Waals surface area contributed by atoms with Crippen molar-refractivity contribution in [3.05, 3.63) is 281 Å². The van der Waals surface area contributed by atoms with Crippen LogP contribution in [0.2, 0.25) is 0 Å². The second kappa shape index (κ2) is 16.3. The van der Waals surface area contributed by atoms with Crippen molar-refractivity contribution < 1.29 is 0 Å². The fraction of sp³-hybridized carbons (Fsp3) is 0.0556. The Balaban J connectivity index is 0.764. The Hall–Kier alpha value is -8.80. The van der Waals surface area contributed by atoms with Gasteiger partial charge in [0, 0.05) is 85.3 Å². The van der Waals surface area contributed by atoms with Gasteiger partial charge in [0.15, 0.2) is 0 Å². The Morgan fingerprint density at radius 1 is 0.368 bits per heavy atom. The zero-order valence-corrected chi connectivity index (χ0v) is 43.0. The van der Waals surface area contributed by atoms with Gasteiger partial charge in [-0.2, -0.15) is 0 Å². The first kappa shape index (κ1) is 42.5.